The molecule has 108 valence electrons. The van der Waals surface area contributed by atoms with E-state index in [9.17, 15) is 9.59 Å². The zero-order chi connectivity index (χ0) is 14.5. The molecule has 5 nitrogen and oxygen atoms in total. The van der Waals surface area contributed by atoms with Gasteiger partial charge in [-0.25, -0.2) is 0 Å². The van der Waals surface area contributed by atoms with E-state index in [0.29, 0.717) is 0 Å². The highest BCUT2D eigenvalue weighted by molar-refractivity contribution is 5.83. The standard InChI is InChI=1S/C15H21N3O2/c16-13(10-4-2-1-3-5-10)15(20)18-12-8-6-11(7-9-12)14(17)19/h1-5,11-13H,6-9,16H2,(H2,17,19)(H,18,20). The fraction of sp³-hybridized carbons (Fsp3) is 0.467. The Morgan fingerprint density at radius 3 is 2.25 bits per heavy atom. The molecule has 1 fully saturated rings. The summed E-state index contributed by atoms with van der Waals surface area (Å²) in [4.78, 5) is 23.2. The van der Waals surface area contributed by atoms with Gasteiger partial charge in [0.15, 0.2) is 0 Å². The van der Waals surface area contributed by atoms with Gasteiger partial charge in [0, 0.05) is 12.0 Å². The van der Waals surface area contributed by atoms with E-state index in [2.05, 4.69) is 5.32 Å². The van der Waals surface area contributed by atoms with E-state index in [4.69, 9.17) is 11.5 Å². The van der Waals surface area contributed by atoms with Crippen molar-refractivity contribution in [2.24, 2.45) is 17.4 Å². The number of nitrogens with one attached hydrogen (secondary N) is 1. The first-order valence-electron chi connectivity index (χ1n) is 6.98. The summed E-state index contributed by atoms with van der Waals surface area (Å²) in [5.74, 6) is -0.458. The molecule has 0 aliphatic heterocycles. The van der Waals surface area contributed by atoms with E-state index in [0.717, 1.165) is 31.2 Å². The first-order valence-corrected chi connectivity index (χ1v) is 6.98. The molecule has 0 heterocycles. The fourth-order valence-electron chi connectivity index (χ4n) is 2.62. The lowest BCUT2D eigenvalue weighted by atomic mass is 9.85. The Labute approximate surface area is 118 Å². The van der Waals surface area contributed by atoms with Crippen molar-refractivity contribution in [3.63, 3.8) is 0 Å². The predicted molar refractivity (Wildman–Crippen MR) is 76.5 cm³/mol. The Morgan fingerprint density at radius 1 is 1.10 bits per heavy atom. The van der Waals surface area contributed by atoms with Crippen LogP contribution in [0.2, 0.25) is 0 Å². The summed E-state index contributed by atoms with van der Waals surface area (Å²) in [6, 6.07) is 8.74. The van der Waals surface area contributed by atoms with Crippen LogP contribution in [0.4, 0.5) is 0 Å². The highest BCUT2D eigenvalue weighted by atomic mass is 16.2. The second kappa shape index (κ2) is 6.52. The first-order chi connectivity index (χ1) is 9.58. The normalized spacial score (nSPS) is 23.9. The quantitative estimate of drug-likeness (QED) is 0.759. The minimum atomic E-state index is -0.648. The van der Waals surface area contributed by atoms with Gasteiger partial charge in [-0.1, -0.05) is 30.3 Å². The van der Waals surface area contributed by atoms with Gasteiger partial charge in [-0.15, -0.1) is 0 Å². The lowest BCUT2D eigenvalue weighted by molar-refractivity contribution is -0.124. The van der Waals surface area contributed by atoms with Crippen molar-refractivity contribution in [1.29, 1.82) is 0 Å². The topological polar surface area (TPSA) is 98.2 Å². The van der Waals surface area contributed by atoms with Gasteiger partial charge in [-0.05, 0) is 31.2 Å². The van der Waals surface area contributed by atoms with E-state index < -0.39 is 6.04 Å². The van der Waals surface area contributed by atoms with E-state index in [1.165, 1.54) is 0 Å². The predicted octanol–water partition coefficient (Wildman–Crippen LogP) is 0.847. The molecule has 2 amide bonds. The maximum Gasteiger partial charge on any atom is 0.241 e. The van der Waals surface area contributed by atoms with Crippen LogP contribution in [0.25, 0.3) is 0 Å². The van der Waals surface area contributed by atoms with E-state index in [1.54, 1.807) is 0 Å². The molecule has 1 atom stereocenters. The molecule has 0 spiro atoms. The average molecular weight is 275 g/mol. The number of benzene rings is 1. The number of primary amides is 1. The van der Waals surface area contributed by atoms with Crippen LogP contribution in [0.3, 0.4) is 0 Å². The minimum absolute atomic E-state index is 0.0500. The van der Waals surface area contributed by atoms with Crippen LogP contribution in [0.1, 0.15) is 37.3 Å². The lowest BCUT2D eigenvalue weighted by Crippen LogP contribution is -2.43. The Balaban J connectivity index is 1.85. The number of hydrogen-bond acceptors (Lipinski definition) is 3. The van der Waals surface area contributed by atoms with E-state index in [1.807, 2.05) is 30.3 Å². The van der Waals surface area contributed by atoms with Crippen molar-refractivity contribution in [3.8, 4) is 0 Å². The number of hydrogen-bond donors (Lipinski definition) is 3. The van der Waals surface area contributed by atoms with E-state index >= 15 is 0 Å². The summed E-state index contributed by atoms with van der Waals surface area (Å²) in [7, 11) is 0. The second-order valence-electron chi connectivity index (χ2n) is 5.35. The molecule has 0 aromatic heterocycles. The molecular formula is C15H21N3O2. The Hall–Kier alpha value is -1.88. The van der Waals surface area contributed by atoms with Crippen molar-refractivity contribution >= 4 is 11.8 Å². The summed E-state index contributed by atoms with van der Waals surface area (Å²) in [6.07, 6.45) is 3.03. The van der Waals surface area contributed by atoms with Gasteiger partial charge in [0.1, 0.15) is 6.04 Å². The summed E-state index contributed by atoms with van der Waals surface area (Å²) < 4.78 is 0. The molecule has 0 saturated heterocycles. The van der Waals surface area contributed by atoms with Gasteiger partial charge in [0.2, 0.25) is 11.8 Å². The number of rotatable bonds is 4. The third-order valence-corrected chi connectivity index (χ3v) is 3.92. The first kappa shape index (κ1) is 14.5. The molecule has 20 heavy (non-hydrogen) atoms. The third-order valence-electron chi connectivity index (χ3n) is 3.92. The molecule has 1 saturated carbocycles. The van der Waals surface area contributed by atoms with Crippen LogP contribution in [0.5, 0.6) is 0 Å². The van der Waals surface area contributed by atoms with Crippen LogP contribution in [-0.4, -0.2) is 17.9 Å². The van der Waals surface area contributed by atoms with Gasteiger partial charge < -0.3 is 16.8 Å². The molecule has 1 aliphatic carbocycles. The van der Waals surface area contributed by atoms with Crippen molar-refractivity contribution in [3.05, 3.63) is 35.9 Å². The number of amides is 2. The fourth-order valence-corrected chi connectivity index (χ4v) is 2.62. The van der Waals surface area contributed by atoms with Crippen molar-refractivity contribution in [1.82, 2.24) is 5.32 Å². The van der Waals surface area contributed by atoms with Crippen LogP contribution < -0.4 is 16.8 Å². The highest BCUT2D eigenvalue weighted by Crippen LogP contribution is 2.24. The zero-order valence-corrected chi connectivity index (χ0v) is 11.4. The molecule has 1 aromatic rings. The second-order valence-corrected chi connectivity index (χ2v) is 5.35. The molecule has 0 radical (unpaired) electrons. The van der Waals surface area contributed by atoms with E-state index in [-0.39, 0.29) is 23.8 Å². The van der Waals surface area contributed by atoms with Crippen LogP contribution >= 0.6 is 0 Å². The van der Waals surface area contributed by atoms with Crippen LogP contribution in [0.15, 0.2) is 30.3 Å². The molecule has 1 aliphatic rings. The van der Waals surface area contributed by atoms with Gasteiger partial charge in [-0.3, -0.25) is 9.59 Å². The van der Waals surface area contributed by atoms with Gasteiger partial charge in [-0.2, -0.15) is 0 Å². The summed E-state index contributed by atoms with van der Waals surface area (Å²) in [5, 5.41) is 2.96. The molecular weight excluding hydrogens is 254 g/mol. The Bertz CT molecular complexity index is 467. The third kappa shape index (κ3) is 3.57. The summed E-state index contributed by atoms with van der Waals surface area (Å²) in [5.41, 5.74) is 12.0. The summed E-state index contributed by atoms with van der Waals surface area (Å²) in [6.45, 7) is 0. The summed E-state index contributed by atoms with van der Waals surface area (Å²) >= 11 is 0. The number of carbonyl (C=O) groups is 2. The minimum Gasteiger partial charge on any atom is -0.369 e. The smallest absolute Gasteiger partial charge is 0.241 e. The SMILES string of the molecule is NC(=O)C1CCC(NC(=O)C(N)c2ccccc2)CC1. The van der Waals surface area contributed by atoms with Crippen molar-refractivity contribution < 1.29 is 9.59 Å². The van der Waals surface area contributed by atoms with Gasteiger partial charge in [0.25, 0.3) is 0 Å². The van der Waals surface area contributed by atoms with Gasteiger partial charge >= 0.3 is 0 Å². The van der Waals surface area contributed by atoms with Crippen molar-refractivity contribution in [2.45, 2.75) is 37.8 Å². The number of carbonyl (C=O) groups excluding carboxylic acids is 2. The lowest BCUT2D eigenvalue weighted by Gasteiger charge is -2.28. The molecule has 2 rings (SSSR count). The van der Waals surface area contributed by atoms with Gasteiger partial charge in [0.05, 0.1) is 0 Å². The zero-order valence-electron chi connectivity index (χ0n) is 11.4. The molecule has 5 heteroatoms. The van der Waals surface area contributed by atoms with Crippen molar-refractivity contribution in [2.75, 3.05) is 0 Å². The highest BCUT2D eigenvalue weighted by Gasteiger charge is 2.27. The molecule has 0 bridgehead atoms. The monoisotopic (exact) mass is 275 g/mol. The molecule has 1 unspecified atom stereocenters. The molecule has 1 aromatic carbocycles. The Morgan fingerprint density at radius 2 is 1.70 bits per heavy atom. The largest absolute Gasteiger partial charge is 0.369 e. The van der Waals surface area contributed by atoms with Crippen LogP contribution in [0, 0.1) is 5.92 Å². The number of nitrogens with two attached hydrogens (primary N) is 2. The maximum atomic E-state index is 12.1. The molecule has 5 N–H and O–H groups in total. The Kier molecular flexibility index (Phi) is 4.74. The van der Waals surface area contributed by atoms with Crippen LogP contribution in [-0.2, 0) is 9.59 Å². The maximum absolute atomic E-state index is 12.1. The average Bonchev–Trinajstić information content (AvgIpc) is 2.48.